The maximum Gasteiger partial charge on any atom is 0.326 e. The van der Waals surface area contributed by atoms with Gasteiger partial charge in [0.05, 0.1) is 7.11 Å². The summed E-state index contributed by atoms with van der Waals surface area (Å²) >= 11 is 0. The van der Waals surface area contributed by atoms with Crippen molar-refractivity contribution >= 4 is 11.9 Å². The van der Waals surface area contributed by atoms with Crippen LogP contribution in [-0.4, -0.2) is 42.1 Å². The van der Waals surface area contributed by atoms with Crippen molar-refractivity contribution in [2.75, 3.05) is 14.2 Å². The zero-order valence-corrected chi connectivity index (χ0v) is 10.9. The van der Waals surface area contributed by atoms with E-state index in [9.17, 15) is 9.59 Å². The van der Waals surface area contributed by atoms with Crippen molar-refractivity contribution in [2.24, 2.45) is 0 Å². The minimum Gasteiger partial charge on any atom is -0.496 e. The lowest BCUT2D eigenvalue weighted by Crippen LogP contribution is -2.40. The molecular formula is C13H17NO4. The summed E-state index contributed by atoms with van der Waals surface area (Å²) in [6.07, 6.45) is 0. The second-order valence-corrected chi connectivity index (χ2v) is 4.11. The maximum absolute atomic E-state index is 12.1. The maximum atomic E-state index is 12.1. The van der Waals surface area contributed by atoms with E-state index in [0.717, 1.165) is 5.56 Å². The number of nitrogens with zero attached hydrogens (tertiary/aromatic N) is 1. The molecule has 98 valence electrons. The molecule has 0 aliphatic heterocycles. The summed E-state index contributed by atoms with van der Waals surface area (Å²) in [7, 11) is 2.99. The first-order valence-electron chi connectivity index (χ1n) is 5.53. The third-order valence-electron chi connectivity index (χ3n) is 2.91. The average Bonchev–Trinajstić information content (AvgIpc) is 2.36. The van der Waals surface area contributed by atoms with Crippen LogP contribution >= 0.6 is 0 Å². The second kappa shape index (κ2) is 5.53. The molecule has 5 heteroatoms. The van der Waals surface area contributed by atoms with Gasteiger partial charge < -0.3 is 14.7 Å². The van der Waals surface area contributed by atoms with Crippen LogP contribution in [0.15, 0.2) is 18.2 Å². The highest BCUT2D eigenvalue weighted by Gasteiger charge is 2.23. The summed E-state index contributed by atoms with van der Waals surface area (Å²) in [4.78, 5) is 24.1. The lowest BCUT2D eigenvalue weighted by Gasteiger charge is -2.21. The molecule has 0 aliphatic carbocycles. The van der Waals surface area contributed by atoms with Crippen molar-refractivity contribution < 1.29 is 19.4 Å². The Hall–Kier alpha value is -2.04. The van der Waals surface area contributed by atoms with Gasteiger partial charge >= 0.3 is 5.97 Å². The zero-order chi connectivity index (χ0) is 13.9. The van der Waals surface area contributed by atoms with Gasteiger partial charge in [-0.2, -0.15) is 0 Å². The molecule has 0 spiro atoms. The van der Waals surface area contributed by atoms with Crippen LogP contribution in [0.4, 0.5) is 0 Å². The first kappa shape index (κ1) is 14.0. The number of hydrogen-bond acceptors (Lipinski definition) is 3. The molecule has 1 unspecified atom stereocenters. The molecule has 1 atom stereocenters. The number of methoxy groups -OCH3 is 1. The van der Waals surface area contributed by atoms with Gasteiger partial charge in [0, 0.05) is 12.6 Å². The topological polar surface area (TPSA) is 66.8 Å². The molecule has 0 heterocycles. The summed E-state index contributed by atoms with van der Waals surface area (Å²) in [5.74, 6) is -0.773. The molecule has 1 amide bonds. The number of likely N-dealkylation sites (N-methyl/N-ethyl adjacent to an activating group) is 1. The van der Waals surface area contributed by atoms with E-state index in [2.05, 4.69) is 0 Å². The number of hydrogen-bond donors (Lipinski definition) is 1. The van der Waals surface area contributed by atoms with Crippen LogP contribution in [0.5, 0.6) is 5.75 Å². The van der Waals surface area contributed by atoms with Crippen LogP contribution in [-0.2, 0) is 4.79 Å². The first-order chi connectivity index (χ1) is 8.38. The Morgan fingerprint density at radius 3 is 2.50 bits per heavy atom. The van der Waals surface area contributed by atoms with Crippen LogP contribution in [0.3, 0.4) is 0 Å². The van der Waals surface area contributed by atoms with Crippen molar-refractivity contribution in [3.8, 4) is 5.75 Å². The quantitative estimate of drug-likeness (QED) is 0.881. The number of carbonyl (C=O) groups is 2. The first-order valence-corrected chi connectivity index (χ1v) is 5.53. The Morgan fingerprint density at radius 1 is 1.39 bits per heavy atom. The van der Waals surface area contributed by atoms with Crippen LogP contribution in [0.1, 0.15) is 22.8 Å². The Morgan fingerprint density at radius 2 is 2.00 bits per heavy atom. The fourth-order valence-electron chi connectivity index (χ4n) is 1.50. The Bertz CT molecular complexity index is 470. The predicted octanol–water partition coefficient (Wildman–Crippen LogP) is 1.55. The van der Waals surface area contributed by atoms with E-state index >= 15 is 0 Å². The third kappa shape index (κ3) is 2.80. The monoisotopic (exact) mass is 251 g/mol. The summed E-state index contributed by atoms with van der Waals surface area (Å²) in [5, 5.41) is 8.87. The molecule has 0 radical (unpaired) electrons. The molecular weight excluding hydrogens is 234 g/mol. The molecule has 0 saturated carbocycles. The molecule has 0 saturated heterocycles. The van der Waals surface area contributed by atoms with Gasteiger partial charge in [0.15, 0.2) is 0 Å². The molecule has 0 aromatic heterocycles. The number of benzene rings is 1. The number of carboxylic acid groups (broad SMARTS) is 1. The van der Waals surface area contributed by atoms with E-state index < -0.39 is 12.0 Å². The van der Waals surface area contributed by atoms with Gasteiger partial charge in [0.2, 0.25) is 0 Å². The minimum absolute atomic E-state index is 0.344. The second-order valence-electron chi connectivity index (χ2n) is 4.11. The molecule has 1 aromatic carbocycles. The highest BCUT2D eigenvalue weighted by atomic mass is 16.5. The highest BCUT2D eigenvalue weighted by molar-refractivity contribution is 5.96. The lowest BCUT2D eigenvalue weighted by atomic mass is 10.1. The largest absolute Gasteiger partial charge is 0.496 e. The van der Waals surface area contributed by atoms with E-state index in [-0.39, 0.29) is 5.91 Å². The van der Waals surface area contributed by atoms with Gasteiger partial charge in [-0.15, -0.1) is 0 Å². The van der Waals surface area contributed by atoms with E-state index in [0.29, 0.717) is 11.3 Å². The Kier molecular flexibility index (Phi) is 4.31. The van der Waals surface area contributed by atoms with E-state index in [4.69, 9.17) is 9.84 Å². The number of rotatable bonds is 4. The number of aryl methyl sites for hydroxylation is 1. The van der Waals surface area contributed by atoms with Crippen LogP contribution < -0.4 is 4.74 Å². The zero-order valence-electron chi connectivity index (χ0n) is 10.9. The standard InChI is InChI=1S/C13H17NO4/c1-8-5-6-10(7-11(8)18-4)12(15)14(3)9(2)13(16)17/h5-7,9H,1-4H3,(H,16,17). The van der Waals surface area contributed by atoms with E-state index in [1.54, 1.807) is 18.2 Å². The van der Waals surface area contributed by atoms with Crippen molar-refractivity contribution in [3.05, 3.63) is 29.3 Å². The summed E-state index contributed by atoms with van der Waals surface area (Å²) in [6, 6.07) is 4.17. The summed E-state index contributed by atoms with van der Waals surface area (Å²) < 4.78 is 5.14. The fourth-order valence-corrected chi connectivity index (χ4v) is 1.50. The van der Waals surface area contributed by atoms with Crippen molar-refractivity contribution in [2.45, 2.75) is 19.9 Å². The van der Waals surface area contributed by atoms with Gasteiger partial charge in [-0.3, -0.25) is 4.79 Å². The Labute approximate surface area is 106 Å². The predicted molar refractivity (Wildman–Crippen MR) is 66.9 cm³/mol. The summed E-state index contributed by atoms with van der Waals surface area (Å²) in [5.41, 5.74) is 1.33. The van der Waals surface area contributed by atoms with Crippen LogP contribution in [0.2, 0.25) is 0 Å². The average molecular weight is 251 g/mol. The van der Waals surface area contributed by atoms with E-state index in [1.165, 1.54) is 26.0 Å². The smallest absolute Gasteiger partial charge is 0.326 e. The molecule has 1 N–H and O–H groups in total. The number of ether oxygens (including phenoxy) is 1. The fraction of sp³-hybridized carbons (Fsp3) is 0.385. The van der Waals surface area contributed by atoms with Crippen molar-refractivity contribution in [3.63, 3.8) is 0 Å². The normalized spacial score (nSPS) is 11.8. The molecule has 0 aliphatic rings. The van der Waals surface area contributed by atoms with Crippen LogP contribution in [0, 0.1) is 6.92 Å². The highest BCUT2D eigenvalue weighted by Crippen LogP contribution is 2.20. The Balaban J connectivity index is 3.00. The van der Waals surface area contributed by atoms with Gasteiger partial charge in [-0.25, -0.2) is 4.79 Å². The third-order valence-corrected chi connectivity index (χ3v) is 2.91. The van der Waals surface area contributed by atoms with Crippen molar-refractivity contribution in [1.82, 2.24) is 4.90 Å². The number of amides is 1. The molecule has 1 rings (SSSR count). The van der Waals surface area contributed by atoms with Crippen LogP contribution in [0.25, 0.3) is 0 Å². The SMILES string of the molecule is COc1cc(C(=O)N(C)C(C)C(=O)O)ccc1C. The van der Waals surface area contributed by atoms with E-state index in [1.807, 2.05) is 6.92 Å². The van der Waals surface area contributed by atoms with Gasteiger partial charge in [-0.1, -0.05) is 6.07 Å². The minimum atomic E-state index is -1.04. The van der Waals surface area contributed by atoms with Gasteiger partial charge in [0.25, 0.3) is 5.91 Å². The molecule has 1 aromatic rings. The number of aliphatic carboxylic acids is 1. The molecule has 18 heavy (non-hydrogen) atoms. The number of carboxylic acids is 1. The lowest BCUT2D eigenvalue weighted by molar-refractivity contribution is -0.141. The molecule has 0 bridgehead atoms. The van der Waals surface area contributed by atoms with Gasteiger partial charge in [-0.05, 0) is 31.5 Å². The van der Waals surface area contributed by atoms with Gasteiger partial charge in [0.1, 0.15) is 11.8 Å². The molecule has 5 nitrogen and oxygen atoms in total. The number of carbonyl (C=O) groups excluding carboxylic acids is 1. The molecule has 0 fully saturated rings. The summed E-state index contributed by atoms with van der Waals surface area (Å²) in [6.45, 7) is 3.34. The van der Waals surface area contributed by atoms with Crippen molar-refractivity contribution in [1.29, 1.82) is 0 Å².